The number of anilines is 2. The Labute approximate surface area is 234 Å². The SMILES string of the molecule is Cl.O=C1c2c(O)ccc(O)c2C(=O)c2c(NCCCN3CCOCC3)ccc(NCCCN3CCOCC3)c21. The molecule has 11 heteroatoms. The molecule has 0 radical (unpaired) electrons. The minimum absolute atomic E-state index is 0. The lowest BCUT2D eigenvalue weighted by atomic mass is 9.81. The van der Waals surface area contributed by atoms with Crippen molar-refractivity contribution in [2.75, 3.05) is 89.4 Å². The third-order valence-electron chi connectivity index (χ3n) is 7.42. The van der Waals surface area contributed by atoms with Crippen LogP contribution in [0.5, 0.6) is 11.5 Å². The molecule has 39 heavy (non-hydrogen) atoms. The van der Waals surface area contributed by atoms with Gasteiger partial charge < -0.3 is 30.3 Å². The number of ether oxygens (including phenoxy) is 2. The number of phenols is 2. The maximum atomic E-state index is 13.7. The molecule has 0 atom stereocenters. The molecule has 0 spiro atoms. The fourth-order valence-electron chi connectivity index (χ4n) is 5.36. The molecule has 2 fully saturated rings. The molecule has 2 saturated heterocycles. The molecule has 4 N–H and O–H groups in total. The first kappa shape index (κ1) is 29.1. The minimum Gasteiger partial charge on any atom is -0.507 e. The summed E-state index contributed by atoms with van der Waals surface area (Å²) in [5, 5.41) is 27.6. The Kier molecular flexibility index (Phi) is 10.0. The standard InChI is InChI=1S/C28H36N4O6.ClH/c33-21-5-6-22(34)26-25(21)27(35)23-19(29-7-1-9-31-11-15-37-16-12-31)3-4-20(24(23)28(26)36)30-8-2-10-32-13-17-38-18-14-32;/h3-6,29-30,33-34H,1-2,7-18H2;1H. The number of halogens is 1. The van der Waals surface area contributed by atoms with Gasteiger partial charge in [0.05, 0.1) is 48.7 Å². The van der Waals surface area contributed by atoms with E-state index in [0.29, 0.717) is 24.5 Å². The fraction of sp³-hybridized carbons (Fsp3) is 0.500. The van der Waals surface area contributed by atoms with Crippen LogP contribution in [0.1, 0.15) is 44.7 Å². The normalized spacial score (nSPS) is 17.7. The second-order valence-electron chi connectivity index (χ2n) is 9.89. The van der Waals surface area contributed by atoms with Crippen molar-refractivity contribution in [3.8, 4) is 11.5 Å². The number of fused-ring (bicyclic) bond motifs is 2. The van der Waals surface area contributed by atoms with Crippen LogP contribution in [-0.4, -0.2) is 110 Å². The van der Waals surface area contributed by atoms with Gasteiger partial charge in [0, 0.05) is 50.6 Å². The van der Waals surface area contributed by atoms with E-state index in [9.17, 15) is 19.8 Å². The fourth-order valence-corrected chi connectivity index (χ4v) is 5.36. The molecular formula is C28H37ClN4O6. The lowest BCUT2D eigenvalue weighted by Crippen LogP contribution is -2.37. The molecule has 0 saturated carbocycles. The van der Waals surface area contributed by atoms with Crippen molar-refractivity contribution < 1.29 is 29.3 Å². The highest BCUT2D eigenvalue weighted by Gasteiger charge is 2.38. The van der Waals surface area contributed by atoms with Crippen molar-refractivity contribution in [2.45, 2.75) is 12.8 Å². The highest BCUT2D eigenvalue weighted by Crippen LogP contribution is 2.42. The van der Waals surface area contributed by atoms with Gasteiger partial charge in [0.1, 0.15) is 11.5 Å². The molecule has 212 valence electrons. The van der Waals surface area contributed by atoms with Crippen LogP contribution in [0.3, 0.4) is 0 Å². The van der Waals surface area contributed by atoms with E-state index in [1.807, 2.05) is 12.1 Å². The third-order valence-corrected chi connectivity index (χ3v) is 7.42. The Morgan fingerprint density at radius 2 is 1.03 bits per heavy atom. The summed E-state index contributed by atoms with van der Waals surface area (Å²) in [6.07, 6.45) is 1.72. The van der Waals surface area contributed by atoms with Gasteiger partial charge in [-0.25, -0.2) is 0 Å². The monoisotopic (exact) mass is 560 g/mol. The Morgan fingerprint density at radius 1 is 0.641 bits per heavy atom. The van der Waals surface area contributed by atoms with Crippen LogP contribution >= 0.6 is 12.4 Å². The molecule has 2 aromatic carbocycles. The number of hydrogen-bond donors (Lipinski definition) is 4. The lowest BCUT2D eigenvalue weighted by Gasteiger charge is -2.27. The first-order valence-electron chi connectivity index (χ1n) is 13.4. The van der Waals surface area contributed by atoms with Gasteiger partial charge in [-0.15, -0.1) is 12.4 Å². The Morgan fingerprint density at radius 3 is 1.41 bits per heavy atom. The molecule has 3 aliphatic rings. The largest absolute Gasteiger partial charge is 0.507 e. The van der Waals surface area contributed by atoms with Gasteiger partial charge in [-0.2, -0.15) is 0 Å². The summed E-state index contributed by atoms with van der Waals surface area (Å²) in [5.41, 5.74) is 1.26. The van der Waals surface area contributed by atoms with Gasteiger partial charge in [-0.3, -0.25) is 19.4 Å². The zero-order valence-corrected chi connectivity index (χ0v) is 22.9. The second-order valence-corrected chi connectivity index (χ2v) is 9.89. The van der Waals surface area contributed by atoms with Crippen LogP contribution in [-0.2, 0) is 9.47 Å². The Hall–Kier alpha value is -2.89. The first-order valence-corrected chi connectivity index (χ1v) is 13.4. The van der Waals surface area contributed by atoms with Crippen molar-refractivity contribution in [1.82, 2.24) is 9.80 Å². The average molecular weight is 561 g/mol. The number of benzene rings is 2. The summed E-state index contributed by atoms with van der Waals surface area (Å²) in [6, 6.07) is 6.11. The van der Waals surface area contributed by atoms with Crippen molar-refractivity contribution in [1.29, 1.82) is 0 Å². The molecular weight excluding hydrogens is 524 g/mol. The number of carbonyl (C=O) groups excluding carboxylic acids is 2. The Balaban J connectivity index is 0.00000353. The van der Waals surface area contributed by atoms with E-state index in [-0.39, 0.29) is 46.2 Å². The van der Waals surface area contributed by atoms with Crippen LogP contribution in [0.25, 0.3) is 0 Å². The zero-order valence-electron chi connectivity index (χ0n) is 22.0. The average Bonchev–Trinajstić information content (AvgIpc) is 2.94. The van der Waals surface area contributed by atoms with Gasteiger partial charge in [0.2, 0.25) is 11.6 Å². The van der Waals surface area contributed by atoms with Crippen molar-refractivity contribution in [3.63, 3.8) is 0 Å². The van der Waals surface area contributed by atoms with E-state index in [1.165, 1.54) is 12.1 Å². The van der Waals surface area contributed by atoms with Crippen LogP contribution in [0.4, 0.5) is 11.4 Å². The smallest absolute Gasteiger partial charge is 0.200 e. The van der Waals surface area contributed by atoms with Crippen molar-refractivity contribution >= 4 is 35.3 Å². The van der Waals surface area contributed by atoms with Gasteiger partial charge in [0.15, 0.2) is 0 Å². The van der Waals surface area contributed by atoms with E-state index in [4.69, 9.17) is 9.47 Å². The van der Waals surface area contributed by atoms with Gasteiger partial charge in [0.25, 0.3) is 0 Å². The maximum absolute atomic E-state index is 13.7. The van der Waals surface area contributed by atoms with Crippen LogP contribution in [0.2, 0.25) is 0 Å². The number of morpholine rings is 2. The number of ketones is 2. The van der Waals surface area contributed by atoms with Crippen molar-refractivity contribution in [2.24, 2.45) is 0 Å². The third kappa shape index (κ3) is 6.47. The van der Waals surface area contributed by atoms with Gasteiger partial charge in [-0.1, -0.05) is 0 Å². The molecule has 5 rings (SSSR count). The molecule has 10 nitrogen and oxygen atoms in total. The predicted molar refractivity (Wildman–Crippen MR) is 151 cm³/mol. The minimum atomic E-state index is -0.476. The van der Waals surface area contributed by atoms with Crippen LogP contribution in [0.15, 0.2) is 24.3 Å². The number of nitrogens with zero attached hydrogens (tertiary/aromatic N) is 2. The first-order chi connectivity index (χ1) is 18.5. The maximum Gasteiger partial charge on any atom is 0.200 e. The number of carbonyl (C=O) groups is 2. The molecule has 0 amide bonds. The molecule has 2 heterocycles. The van der Waals surface area contributed by atoms with E-state index >= 15 is 0 Å². The summed E-state index contributed by atoms with van der Waals surface area (Å²) in [5.74, 6) is -1.58. The molecule has 2 aliphatic heterocycles. The zero-order chi connectivity index (χ0) is 26.5. The topological polar surface area (TPSA) is 124 Å². The van der Waals surface area contributed by atoms with E-state index in [2.05, 4.69) is 20.4 Å². The number of phenolic OH excluding ortho intramolecular Hbond substituents is 2. The molecule has 2 aromatic rings. The summed E-state index contributed by atoms with van der Waals surface area (Å²) in [6.45, 7) is 9.68. The van der Waals surface area contributed by atoms with E-state index in [1.54, 1.807) is 0 Å². The highest BCUT2D eigenvalue weighted by atomic mass is 35.5. The lowest BCUT2D eigenvalue weighted by molar-refractivity contribution is 0.0378. The predicted octanol–water partition coefficient (Wildman–Crippen LogP) is 2.56. The summed E-state index contributed by atoms with van der Waals surface area (Å²) < 4.78 is 10.8. The number of nitrogens with one attached hydrogen (secondary N) is 2. The van der Waals surface area contributed by atoms with Gasteiger partial charge >= 0.3 is 0 Å². The summed E-state index contributed by atoms with van der Waals surface area (Å²) >= 11 is 0. The second kappa shape index (κ2) is 13.5. The summed E-state index contributed by atoms with van der Waals surface area (Å²) in [7, 11) is 0. The van der Waals surface area contributed by atoms with Gasteiger partial charge in [-0.05, 0) is 50.2 Å². The summed E-state index contributed by atoms with van der Waals surface area (Å²) in [4.78, 5) is 32.1. The molecule has 1 aliphatic carbocycles. The number of rotatable bonds is 10. The molecule has 0 aromatic heterocycles. The van der Waals surface area contributed by atoms with Crippen LogP contribution < -0.4 is 10.6 Å². The number of hydrogen-bond acceptors (Lipinski definition) is 10. The van der Waals surface area contributed by atoms with Crippen LogP contribution in [0, 0.1) is 0 Å². The quantitative estimate of drug-likeness (QED) is 0.217. The molecule has 0 bridgehead atoms. The molecule has 0 unspecified atom stereocenters. The van der Waals surface area contributed by atoms with E-state index < -0.39 is 11.6 Å². The Bertz CT molecular complexity index is 1090. The highest BCUT2D eigenvalue weighted by molar-refractivity contribution is 6.33. The van der Waals surface area contributed by atoms with E-state index in [0.717, 1.165) is 78.5 Å². The number of aromatic hydroxyl groups is 2. The van der Waals surface area contributed by atoms with Crippen molar-refractivity contribution in [3.05, 3.63) is 46.5 Å².